The van der Waals surface area contributed by atoms with Gasteiger partial charge in [0.2, 0.25) is 0 Å². The van der Waals surface area contributed by atoms with Crippen molar-refractivity contribution in [3.63, 3.8) is 0 Å². The SMILES string of the molecule is CNCc1ccc(-n2nc(C)c(Br)c2C)cc1Br. The van der Waals surface area contributed by atoms with E-state index in [0.717, 1.165) is 32.6 Å². The highest BCUT2D eigenvalue weighted by Crippen LogP contribution is 2.26. The Hall–Kier alpha value is -0.650. The van der Waals surface area contributed by atoms with Crippen LogP contribution in [0.1, 0.15) is 17.0 Å². The fourth-order valence-electron chi connectivity index (χ4n) is 1.88. The van der Waals surface area contributed by atoms with Gasteiger partial charge in [-0.05, 0) is 54.5 Å². The second-order valence-corrected chi connectivity index (χ2v) is 5.85. The van der Waals surface area contributed by atoms with Crippen LogP contribution in [0.5, 0.6) is 0 Å². The first kappa shape index (κ1) is 13.8. The van der Waals surface area contributed by atoms with Crippen molar-refractivity contribution in [2.45, 2.75) is 20.4 Å². The van der Waals surface area contributed by atoms with E-state index in [1.54, 1.807) is 0 Å². The van der Waals surface area contributed by atoms with E-state index in [1.807, 2.05) is 18.7 Å². The van der Waals surface area contributed by atoms with E-state index in [2.05, 4.69) is 67.4 Å². The number of nitrogens with zero attached hydrogens (tertiary/aromatic N) is 2. The van der Waals surface area contributed by atoms with Gasteiger partial charge in [-0.1, -0.05) is 22.0 Å². The number of nitrogens with one attached hydrogen (secondary N) is 1. The first-order valence-electron chi connectivity index (χ1n) is 5.69. The number of benzene rings is 1. The van der Waals surface area contributed by atoms with E-state index < -0.39 is 0 Å². The summed E-state index contributed by atoms with van der Waals surface area (Å²) in [4.78, 5) is 0. The minimum atomic E-state index is 0.849. The molecule has 0 amide bonds. The summed E-state index contributed by atoms with van der Waals surface area (Å²) in [6.07, 6.45) is 0. The second kappa shape index (κ2) is 5.55. The summed E-state index contributed by atoms with van der Waals surface area (Å²) in [6, 6.07) is 6.29. The quantitative estimate of drug-likeness (QED) is 0.889. The van der Waals surface area contributed by atoms with E-state index in [0.29, 0.717) is 0 Å². The van der Waals surface area contributed by atoms with Crippen molar-refractivity contribution in [3.8, 4) is 5.69 Å². The van der Waals surface area contributed by atoms with Crippen molar-refractivity contribution in [1.82, 2.24) is 15.1 Å². The van der Waals surface area contributed by atoms with Crippen LogP contribution in [-0.4, -0.2) is 16.8 Å². The molecule has 1 heterocycles. The molecule has 0 spiro atoms. The standard InChI is InChI=1S/C13H15Br2N3/c1-8-13(15)9(2)18(17-8)11-5-4-10(7-16-3)12(14)6-11/h4-6,16H,7H2,1-3H3. The first-order chi connectivity index (χ1) is 8.54. The van der Waals surface area contributed by atoms with Crippen molar-refractivity contribution >= 4 is 31.9 Å². The molecule has 1 N–H and O–H groups in total. The van der Waals surface area contributed by atoms with Crippen LogP contribution in [0.2, 0.25) is 0 Å². The molecule has 1 aromatic carbocycles. The Bertz CT molecular complexity index is 576. The lowest BCUT2D eigenvalue weighted by Gasteiger charge is -2.08. The number of hydrogen-bond donors (Lipinski definition) is 1. The van der Waals surface area contributed by atoms with Gasteiger partial charge in [-0.25, -0.2) is 4.68 Å². The van der Waals surface area contributed by atoms with Gasteiger partial charge in [0, 0.05) is 11.0 Å². The van der Waals surface area contributed by atoms with Crippen LogP contribution in [0.25, 0.3) is 5.69 Å². The van der Waals surface area contributed by atoms with Crippen LogP contribution in [0.4, 0.5) is 0 Å². The van der Waals surface area contributed by atoms with E-state index in [4.69, 9.17) is 0 Å². The third kappa shape index (κ3) is 2.53. The number of aromatic nitrogens is 2. The Morgan fingerprint density at radius 2 is 2.00 bits per heavy atom. The third-order valence-corrected chi connectivity index (χ3v) is 4.74. The second-order valence-electron chi connectivity index (χ2n) is 4.20. The van der Waals surface area contributed by atoms with Gasteiger partial charge in [0.05, 0.1) is 21.5 Å². The highest BCUT2D eigenvalue weighted by molar-refractivity contribution is 9.10. The fraction of sp³-hybridized carbons (Fsp3) is 0.308. The summed E-state index contributed by atoms with van der Waals surface area (Å²) >= 11 is 7.15. The van der Waals surface area contributed by atoms with Gasteiger partial charge in [0.25, 0.3) is 0 Å². The Kier molecular flexibility index (Phi) is 4.25. The lowest BCUT2D eigenvalue weighted by Crippen LogP contribution is -2.06. The zero-order chi connectivity index (χ0) is 13.3. The molecule has 0 aliphatic heterocycles. The highest BCUT2D eigenvalue weighted by atomic mass is 79.9. The third-order valence-electron chi connectivity index (χ3n) is 2.85. The van der Waals surface area contributed by atoms with Crippen molar-refractivity contribution in [3.05, 3.63) is 44.1 Å². The molecule has 0 saturated carbocycles. The minimum Gasteiger partial charge on any atom is -0.316 e. The lowest BCUT2D eigenvalue weighted by atomic mass is 10.2. The van der Waals surface area contributed by atoms with Gasteiger partial charge < -0.3 is 5.32 Å². The summed E-state index contributed by atoms with van der Waals surface area (Å²) in [7, 11) is 1.94. The summed E-state index contributed by atoms with van der Waals surface area (Å²) in [6.45, 7) is 4.90. The van der Waals surface area contributed by atoms with Gasteiger partial charge in [-0.2, -0.15) is 5.10 Å². The molecule has 1 aromatic heterocycles. The molecule has 0 aliphatic rings. The average Bonchev–Trinajstić information content (AvgIpc) is 2.60. The molecule has 96 valence electrons. The maximum absolute atomic E-state index is 4.53. The van der Waals surface area contributed by atoms with E-state index in [-0.39, 0.29) is 0 Å². The van der Waals surface area contributed by atoms with Gasteiger partial charge in [-0.15, -0.1) is 0 Å². The van der Waals surface area contributed by atoms with Crippen molar-refractivity contribution in [2.75, 3.05) is 7.05 Å². The predicted molar refractivity (Wildman–Crippen MR) is 81.2 cm³/mol. The average molecular weight is 373 g/mol. The van der Waals surface area contributed by atoms with Crippen LogP contribution in [-0.2, 0) is 6.54 Å². The summed E-state index contributed by atoms with van der Waals surface area (Å²) in [5.74, 6) is 0. The molecule has 0 unspecified atom stereocenters. The normalized spacial score (nSPS) is 10.9. The highest BCUT2D eigenvalue weighted by Gasteiger charge is 2.11. The zero-order valence-corrected chi connectivity index (χ0v) is 13.8. The monoisotopic (exact) mass is 371 g/mol. The van der Waals surface area contributed by atoms with Crippen LogP contribution in [0, 0.1) is 13.8 Å². The molecule has 0 saturated heterocycles. The minimum absolute atomic E-state index is 0.849. The summed E-state index contributed by atoms with van der Waals surface area (Å²) < 4.78 is 4.11. The molecule has 5 heteroatoms. The van der Waals surface area contributed by atoms with Crippen LogP contribution < -0.4 is 5.32 Å². The molecule has 18 heavy (non-hydrogen) atoms. The zero-order valence-electron chi connectivity index (χ0n) is 10.6. The molecular weight excluding hydrogens is 358 g/mol. The molecule has 0 fully saturated rings. The molecule has 0 bridgehead atoms. The number of hydrogen-bond acceptors (Lipinski definition) is 2. The number of aryl methyl sites for hydroxylation is 1. The van der Waals surface area contributed by atoms with Gasteiger partial charge >= 0.3 is 0 Å². The molecule has 2 aromatic rings. The Labute approximate surface area is 124 Å². The predicted octanol–water partition coefficient (Wildman–Crippen LogP) is 3.73. The van der Waals surface area contributed by atoms with Crippen molar-refractivity contribution in [1.29, 1.82) is 0 Å². The molecule has 0 aliphatic carbocycles. The smallest absolute Gasteiger partial charge is 0.0743 e. The van der Waals surface area contributed by atoms with Crippen LogP contribution >= 0.6 is 31.9 Å². The van der Waals surface area contributed by atoms with E-state index >= 15 is 0 Å². The fourth-order valence-corrected chi connectivity index (χ4v) is 2.63. The molecule has 2 rings (SSSR count). The largest absolute Gasteiger partial charge is 0.316 e. The number of rotatable bonds is 3. The topological polar surface area (TPSA) is 29.9 Å². The Morgan fingerprint density at radius 3 is 2.50 bits per heavy atom. The Morgan fingerprint density at radius 1 is 1.28 bits per heavy atom. The van der Waals surface area contributed by atoms with Gasteiger partial charge in [-0.3, -0.25) is 0 Å². The molecule has 3 nitrogen and oxygen atoms in total. The Balaban J connectivity index is 2.45. The van der Waals surface area contributed by atoms with Gasteiger partial charge in [0.15, 0.2) is 0 Å². The van der Waals surface area contributed by atoms with Crippen LogP contribution in [0.3, 0.4) is 0 Å². The maximum atomic E-state index is 4.53. The van der Waals surface area contributed by atoms with E-state index in [9.17, 15) is 0 Å². The summed E-state index contributed by atoms with van der Waals surface area (Å²) in [5, 5.41) is 7.68. The molecular formula is C13H15Br2N3. The molecule has 0 radical (unpaired) electrons. The van der Waals surface area contributed by atoms with Crippen molar-refractivity contribution in [2.24, 2.45) is 0 Å². The number of halogens is 2. The van der Waals surface area contributed by atoms with E-state index in [1.165, 1.54) is 5.56 Å². The van der Waals surface area contributed by atoms with Crippen LogP contribution in [0.15, 0.2) is 27.1 Å². The summed E-state index contributed by atoms with van der Waals surface area (Å²) in [5.41, 5.74) is 4.42. The first-order valence-corrected chi connectivity index (χ1v) is 7.28. The maximum Gasteiger partial charge on any atom is 0.0743 e. The van der Waals surface area contributed by atoms with Crippen molar-refractivity contribution < 1.29 is 0 Å². The molecule has 0 atom stereocenters. The lowest BCUT2D eigenvalue weighted by molar-refractivity contribution is 0.806. The van der Waals surface area contributed by atoms with Gasteiger partial charge in [0.1, 0.15) is 0 Å².